The average molecular weight is 303 g/mol. The fourth-order valence-corrected chi connectivity index (χ4v) is 1.70. The third-order valence-electron chi connectivity index (χ3n) is 2.22. The molecule has 0 amide bonds. The highest BCUT2D eigenvalue weighted by Crippen LogP contribution is 2.16. The Hall–Kier alpha value is -0.420. The van der Waals surface area contributed by atoms with Crippen LogP contribution in [0.1, 0.15) is 12.0 Å². The van der Waals surface area contributed by atoms with Gasteiger partial charge in [0.05, 0.1) is 19.8 Å². The van der Waals surface area contributed by atoms with Gasteiger partial charge in [0.15, 0.2) is 0 Å². The quantitative estimate of drug-likeness (QED) is 0.656. The number of benzene rings is 1. The first kappa shape index (κ1) is 14.6. The Balaban J connectivity index is 1.99. The minimum Gasteiger partial charge on any atom is -0.382 e. The molecule has 3 nitrogen and oxygen atoms in total. The molecule has 0 aliphatic carbocycles. The molecule has 0 radical (unpaired) electrons. The van der Waals surface area contributed by atoms with E-state index >= 15 is 0 Å². The van der Waals surface area contributed by atoms with Crippen LogP contribution in [0.3, 0.4) is 0 Å². The summed E-state index contributed by atoms with van der Waals surface area (Å²) in [5.74, 6) is 0. The molecule has 0 aromatic heterocycles. The fraction of sp³-hybridized carbons (Fsp3) is 0.538. The molecule has 96 valence electrons. The monoisotopic (exact) mass is 302 g/mol. The molecule has 0 heterocycles. The van der Waals surface area contributed by atoms with Crippen LogP contribution in [0.25, 0.3) is 0 Å². The van der Waals surface area contributed by atoms with Gasteiger partial charge in [-0.1, -0.05) is 34.1 Å². The van der Waals surface area contributed by atoms with E-state index in [2.05, 4.69) is 22.0 Å². The second-order valence-corrected chi connectivity index (χ2v) is 4.46. The number of rotatable bonds is 9. The first-order valence-electron chi connectivity index (χ1n) is 5.72. The molecule has 0 N–H and O–H groups in total. The molecular weight excluding hydrogens is 284 g/mol. The number of halogens is 1. The number of methoxy groups -OCH3 is 1. The number of ether oxygens (including phenoxy) is 3. The van der Waals surface area contributed by atoms with Gasteiger partial charge in [-0.3, -0.25) is 0 Å². The van der Waals surface area contributed by atoms with Crippen LogP contribution < -0.4 is 0 Å². The minimum absolute atomic E-state index is 0.638. The summed E-state index contributed by atoms with van der Waals surface area (Å²) >= 11 is 3.49. The van der Waals surface area contributed by atoms with Gasteiger partial charge in [-0.15, -0.1) is 0 Å². The van der Waals surface area contributed by atoms with Gasteiger partial charge in [0.2, 0.25) is 0 Å². The van der Waals surface area contributed by atoms with E-state index in [0.717, 1.165) is 17.5 Å². The zero-order valence-corrected chi connectivity index (χ0v) is 11.7. The maximum Gasteiger partial charge on any atom is 0.0727 e. The maximum atomic E-state index is 5.57. The molecule has 17 heavy (non-hydrogen) atoms. The molecule has 0 atom stereocenters. The zero-order chi connectivity index (χ0) is 12.3. The van der Waals surface area contributed by atoms with Crippen LogP contribution in [-0.4, -0.2) is 33.5 Å². The molecule has 4 heteroatoms. The third-order valence-corrected chi connectivity index (χ3v) is 3.00. The van der Waals surface area contributed by atoms with Gasteiger partial charge in [-0.2, -0.15) is 0 Å². The first-order chi connectivity index (χ1) is 8.34. The Labute approximate surface area is 111 Å². The molecule has 0 bridgehead atoms. The standard InChI is InChI=1S/C13H19BrO3/c1-15-9-10-16-7-4-8-17-11-12-5-2-3-6-13(12)14/h2-3,5-6H,4,7-11H2,1H3. The SMILES string of the molecule is COCCOCCCOCc1ccccc1Br. The predicted molar refractivity (Wildman–Crippen MR) is 71.1 cm³/mol. The molecule has 0 spiro atoms. The van der Waals surface area contributed by atoms with Crippen LogP contribution in [0.2, 0.25) is 0 Å². The highest BCUT2D eigenvalue weighted by molar-refractivity contribution is 9.10. The van der Waals surface area contributed by atoms with Gasteiger partial charge < -0.3 is 14.2 Å². The van der Waals surface area contributed by atoms with Crippen molar-refractivity contribution >= 4 is 15.9 Å². The highest BCUT2D eigenvalue weighted by Gasteiger charge is 1.98. The van der Waals surface area contributed by atoms with E-state index in [9.17, 15) is 0 Å². The van der Waals surface area contributed by atoms with E-state index in [-0.39, 0.29) is 0 Å². The van der Waals surface area contributed by atoms with Crippen molar-refractivity contribution < 1.29 is 14.2 Å². The summed E-state index contributed by atoms with van der Waals surface area (Å²) in [6.45, 7) is 3.38. The van der Waals surface area contributed by atoms with Crippen molar-refractivity contribution in [2.24, 2.45) is 0 Å². The van der Waals surface area contributed by atoms with Gasteiger partial charge in [-0.25, -0.2) is 0 Å². The summed E-state index contributed by atoms with van der Waals surface area (Å²) in [6.07, 6.45) is 0.911. The molecule has 0 unspecified atom stereocenters. The van der Waals surface area contributed by atoms with E-state index in [1.165, 1.54) is 5.56 Å². The smallest absolute Gasteiger partial charge is 0.0727 e. The lowest BCUT2D eigenvalue weighted by molar-refractivity contribution is 0.0482. The minimum atomic E-state index is 0.638. The Bertz CT molecular complexity index is 304. The Morgan fingerprint density at radius 1 is 1.00 bits per heavy atom. The molecular formula is C13H19BrO3. The largest absolute Gasteiger partial charge is 0.382 e. The first-order valence-corrected chi connectivity index (χ1v) is 6.51. The summed E-state index contributed by atoms with van der Waals surface area (Å²) in [5.41, 5.74) is 1.17. The lowest BCUT2D eigenvalue weighted by atomic mass is 10.2. The topological polar surface area (TPSA) is 27.7 Å². The number of hydrogen-bond acceptors (Lipinski definition) is 3. The highest BCUT2D eigenvalue weighted by atomic mass is 79.9. The van der Waals surface area contributed by atoms with Crippen molar-refractivity contribution in [3.8, 4) is 0 Å². The predicted octanol–water partition coefficient (Wildman–Crippen LogP) is 3.02. The lowest BCUT2D eigenvalue weighted by Crippen LogP contribution is -2.05. The van der Waals surface area contributed by atoms with Gasteiger partial charge in [0.1, 0.15) is 0 Å². The van der Waals surface area contributed by atoms with Gasteiger partial charge in [0, 0.05) is 24.8 Å². The van der Waals surface area contributed by atoms with Crippen molar-refractivity contribution in [2.75, 3.05) is 33.5 Å². The lowest BCUT2D eigenvalue weighted by Gasteiger charge is -2.06. The molecule has 1 aromatic carbocycles. The summed E-state index contributed by atoms with van der Waals surface area (Å²) in [4.78, 5) is 0. The fourth-order valence-electron chi connectivity index (χ4n) is 1.30. The van der Waals surface area contributed by atoms with Gasteiger partial charge in [0.25, 0.3) is 0 Å². The van der Waals surface area contributed by atoms with E-state index in [1.807, 2.05) is 18.2 Å². The van der Waals surface area contributed by atoms with Crippen molar-refractivity contribution in [3.05, 3.63) is 34.3 Å². The van der Waals surface area contributed by atoms with Crippen molar-refractivity contribution in [1.29, 1.82) is 0 Å². The van der Waals surface area contributed by atoms with Crippen molar-refractivity contribution in [2.45, 2.75) is 13.0 Å². The van der Waals surface area contributed by atoms with Crippen LogP contribution >= 0.6 is 15.9 Å². The Morgan fingerprint density at radius 2 is 1.76 bits per heavy atom. The van der Waals surface area contributed by atoms with Crippen LogP contribution in [0, 0.1) is 0 Å². The zero-order valence-electron chi connectivity index (χ0n) is 10.2. The summed E-state index contributed by atoms with van der Waals surface area (Å²) < 4.78 is 16.9. The summed E-state index contributed by atoms with van der Waals surface area (Å²) in [5, 5.41) is 0. The van der Waals surface area contributed by atoms with Crippen LogP contribution in [0.5, 0.6) is 0 Å². The molecule has 1 rings (SSSR count). The van der Waals surface area contributed by atoms with E-state index in [0.29, 0.717) is 26.4 Å². The molecule has 0 aliphatic rings. The van der Waals surface area contributed by atoms with Crippen LogP contribution in [0.4, 0.5) is 0 Å². The van der Waals surface area contributed by atoms with E-state index in [4.69, 9.17) is 14.2 Å². The van der Waals surface area contributed by atoms with Crippen LogP contribution in [0.15, 0.2) is 28.7 Å². The molecule has 1 aromatic rings. The van der Waals surface area contributed by atoms with Gasteiger partial charge in [-0.05, 0) is 18.1 Å². The normalized spacial score (nSPS) is 10.7. The molecule has 0 aliphatic heterocycles. The van der Waals surface area contributed by atoms with Crippen molar-refractivity contribution in [3.63, 3.8) is 0 Å². The Kier molecular flexibility index (Phi) is 8.26. The van der Waals surface area contributed by atoms with E-state index < -0.39 is 0 Å². The second-order valence-electron chi connectivity index (χ2n) is 3.60. The van der Waals surface area contributed by atoms with E-state index in [1.54, 1.807) is 7.11 Å². The Morgan fingerprint density at radius 3 is 2.53 bits per heavy atom. The molecule has 0 fully saturated rings. The second kappa shape index (κ2) is 9.59. The average Bonchev–Trinajstić information content (AvgIpc) is 2.35. The van der Waals surface area contributed by atoms with Crippen molar-refractivity contribution in [1.82, 2.24) is 0 Å². The maximum absolute atomic E-state index is 5.57. The number of hydrogen-bond donors (Lipinski definition) is 0. The summed E-state index contributed by atoms with van der Waals surface area (Å²) in [6, 6.07) is 8.08. The molecule has 0 saturated heterocycles. The van der Waals surface area contributed by atoms with Crippen LogP contribution in [-0.2, 0) is 20.8 Å². The molecule has 0 saturated carbocycles. The summed E-state index contributed by atoms with van der Waals surface area (Å²) in [7, 11) is 1.67. The van der Waals surface area contributed by atoms with Gasteiger partial charge >= 0.3 is 0 Å². The third kappa shape index (κ3) is 6.78.